The molecule has 2 aliphatic rings. The lowest BCUT2D eigenvalue weighted by molar-refractivity contribution is -0.132. The maximum atomic E-state index is 12.9. The first-order chi connectivity index (χ1) is 12.1. The summed E-state index contributed by atoms with van der Waals surface area (Å²) >= 11 is 0. The highest BCUT2D eigenvalue weighted by Gasteiger charge is 2.42. The van der Waals surface area contributed by atoms with Crippen molar-refractivity contribution in [1.29, 1.82) is 0 Å². The average molecular weight is 340 g/mol. The van der Waals surface area contributed by atoms with E-state index in [1.165, 1.54) is 23.8 Å². The topological polar surface area (TPSA) is 60.2 Å². The number of likely N-dealkylation sites (N-methyl/N-ethyl adjacent to an activating group) is 1. The summed E-state index contributed by atoms with van der Waals surface area (Å²) in [5.41, 5.74) is 3.84. The number of carbonyl (C=O) groups is 1. The summed E-state index contributed by atoms with van der Waals surface area (Å²) < 4.78 is 0. The van der Waals surface area contributed by atoms with Crippen LogP contribution in [0, 0.1) is 12.3 Å². The molecule has 1 aromatic carbocycles. The normalized spacial score (nSPS) is 22.6. The van der Waals surface area contributed by atoms with Gasteiger partial charge in [0.15, 0.2) is 0 Å². The van der Waals surface area contributed by atoms with Gasteiger partial charge in [0.1, 0.15) is 0 Å². The molecule has 0 radical (unpaired) electrons. The van der Waals surface area contributed by atoms with Crippen molar-refractivity contribution in [3.8, 4) is 0 Å². The summed E-state index contributed by atoms with van der Waals surface area (Å²) in [4.78, 5) is 18.3. The Morgan fingerprint density at radius 1 is 1.28 bits per heavy atom. The Morgan fingerprint density at radius 3 is 2.80 bits per heavy atom. The number of nitrogens with zero attached hydrogens (tertiary/aromatic N) is 1. The summed E-state index contributed by atoms with van der Waals surface area (Å²) in [6.07, 6.45) is 3.33. The van der Waals surface area contributed by atoms with Crippen LogP contribution in [0.25, 0.3) is 10.9 Å². The number of fused-ring (bicyclic) bond motifs is 1. The monoisotopic (exact) mass is 340 g/mol. The molecule has 4 rings (SSSR count). The minimum Gasteiger partial charge on any atom is -0.357 e. The van der Waals surface area contributed by atoms with Crippen LogP contribution in [-0.2, 0) is 11.3 Å². The van der Waals surface area contributed by atoms with Gasteiger partial charge in [-0.05, 0) is 56.3 Å². The fraction of sp³-hybridized carbons (Fsp3) is 0.550. The Hall–Kier alpha value is -1.85. The van der Waals surface area contributed by atoms with Crippen LogP contribution in [0.2, 0.25) is 0 Å². The Bertz CT molecular complexity index is 775. The molecule has 5 heteroatoms. The van der Waals surface area contributed by atoms with Gasteiger partial charge in [0.25, 0.3) is 0 Å². The largest absolute Gasteiger partial charge is 0.357 e. The lowest BCUT2D eigenvalue weighted by Crippen LogP contribution is -2.41. The number of nitrogens with one attached hydrogen (secondary N) is 3. The minimum absolute atomic E-state index is 0.0345. The zero-order chi connectivity index (χ0) is 17.4. The zero-order valence-corrected chi connectivity index (χ0v) is 15.2. The lowest BCUT2D eigenvalue weighted by atomic mass is 9.77. The van der Waals surface area contributed by atoms with Crippen molar-refractivity contribution in [3.63, 3.8) is 0 Å². The summed E-state index contributed by atoms with van der Waals surface area (Å²) in [5.74, 6) is 0.216. The molecule has 25 heavy (non-hydrogen) atoms. The van der Waals surface area contributed by atoms with Crippen molar-refractivity contribution in [2.75, 3.05) is 26.7 Å². The molecule has 3 heterocycles. The molecule has 5 nitrogen and oxygen atoms in total. The zero-order valence-electron chi connectivity index (χ0n) is 15.2. The molecule has 2 fully saturated rings. The number of hydrogen-bond donors (Lipinski definition) is 3. The second-order valence-corrected chi connectivity index (χ2v) is 7.86. The van der Waals surface area contributed by atoms with Crippen LogP contribution in [0.15, 0.2) is 24.3 Å². The standard InChI is InChI=1S/C20H28N4O/c1-14-15-5-3-4-6-16(15)23-18(14)12-24(2)19(25)17-11-20(13-22-17)7-9-21-10-8-20/h3-6,17,21-23H,7-13H2,1-2H3/t17-/m0/s1. The number of piperidine rings is 1. The average Bonchev–Trinajstić information content (AvgIpc) is 3.17. The SMILES string of the molecule is Cc1c(CN(C)C(=O)[C@@H]2CC3(CCNCC3)CN2)[nH]c2ccccc12. The summed E-state index contributed by atoms with van der Waals surface area (Å²) in [6, 6.07) is 8.28. The fourth-order valence-corrected chi connectivity index (χ4v) is 4.51. The highest BCUT2D eigenvalue weighted by atomic mass is 16.2. The molecular formula is C20H28N4O. The van der Waals surface area contributed by atoms with E-state index in [0.29, 0.717) is 12.0 Å². The Labute approximate surface area is 149 Å². The lowest BCUT2D eigenvalue weighted by Gasteiger charge is -2.33. The molecule has 0 saturated carbocycles. The van der Waals surface area contributed by atoms with Crippen LogP contribution in [0.3, 0.4) is 0 Å². The van der Waals surface area contributed by atoms with Crippen molar-refractivity contribution in [3.05, 3.63) is 35.5 Å². The third kappa shape index (κ3) is 3.07. The second-order valence-electron chi connectivity index (χ2n) is 7.86. The predicted molar refractivity (Wildman–Crippen MR) is 100 cm³/mol. The van der Waals surface area contributed by atoms with Gasteiger partial charge in [-0.15, -0.1) is 0 Å². The Kier molecular flexibility index (Phi) is 4.29. The summed E-state index contributed by atoms with van der Waals surface area (Å²) in [7, 11) is 1.92. The van der Waals surface area contributed by atoms with E-state index in [2.05, 4.69) is 40.7 Å². The van der Waals surface area contributed by atoms with Gasteiger partial charge >= 0.3 is 0 Å². The highest BCUT2D eigenvalue weighted by molar-refractivity contribution is 5.85. The van der Waals surface area contributed by atoms with Crippen molar-refractivity contribution in [1.82, 2.24) is 20.5 Å². The molecular weight excluding hydrogens is 312 g/mol. The van der Waals surface area contributed by atoms with E-state index in [4.69, 9.17) is 0 Å². The Morgan fingerprint density at radius 2 is 2.04 bits per heavy atom. The van der Waals surface area contributed by atoms with E-state index in [-0.39, 0.29) is 11.9 Å². The van der Waals surface area contributed by atoms with E-state index < -0.39 is 0 Å². The van der Waals surface area contributed by atoms with Gasteiger partial charge in [-0.1, -0.05) is 18.2 Å². The van der Waals surface area contributed by atoms with Gasteiger partial charge in [0.05, 0.1) is 12.6 Å². The number of rotatable bonds is 3. The van der Waals surface area contributed by atoms with Crippen LogP contribution in [-0.4, -0.2) is 48.5 Å². The number of amides is 1. The van der Waals surface area contributed by atoms with E-state index in [0.717, 1.165) is 37.3 Å². The van der Waals surface area contributed by atoms with Crippen LogP contribution >= 0.6 is 0 Å². The van der Waals surface area contributed by atoms with E-state index in [9.17, 15) is 4.79 Å². The second kappa shape index (κ2) is 6.46. The number of benzene rings is 1. The fourth-order valence-electron chi connectivity index (χ4n) is 4.51. The van der Waals surface area contributed by atoms with Gasteiger partial charge in [0.2, 0.25) is 5.91 Å². The molecule has 2 aliphatic heterocycles. The number of aromatic nitrogens is 1. The molecule has 0 bridgehead atoms. The van der Waals surface area contributed by atoms with E-state index in [1.54, 1.807) is 0 Å². The first-order valence-electron chi connectivity index (χ1n) is 9.33. The number of hydrogen-bond acceptors (Lipinski definition) is 3. The Balaban J connectivity index is 1.44. The van der Waals surface area contributed by atoms with Crippen molar-refractivity contribution in [2.24, 2.45) is 5.41 Å². The smallest absolute Gasteiger partial charge is 0.239 e. The number of aromatic amines is 1. The van der Waals surface area contributed by atoms with Crippen molar-refractivity contribution in [2.45, 2.75) is 38.8 Å². The molecule has 0 aliphatic carbocycles. The third-order valence-electron chi connectivity index (χ3n) is 6.16. The van der Waals surface area contributed by atoms with Gasteiger partial charge in [0, 0.05) is 30.2 Å². The molecule has 2 saturated heterocycles. The van der Waals surface area contributed by atoms with Crippen molar-refractivity contribution >= 4 is 16.8 Å². The van der Waals surface area contributed by atoms with Gasteiger partial charge in [-0.25, -0.2) is 0 Å². The van der Waals surface area contributed by atoms with Gasteiger partial charge in [-0.2, -0.15) is 0 Å². The summed E-state index contributed by atoms with van der Waals surface area (Å²) in [6.45, 7) is 5.89. The van der Waals surface area contributed by atoms with Gasteiger partial charge < -0.3 is 20.5 Å². The molecule has 3 N–H and O–H groups in total. The van der Waals surface area contributed by atoms with Gasteiger partial charge in [-0.3, -0.25) is 4.79 Å². The highest BCUT2D eigenvalue weighted by Crippen LogP contribution is 2.37. The van der Waals surface area contributed by atoms with E-state index >= 15 is 0 Å². The first-order valence-corrected chi connectivity index (χ1v) is 9.33. The van der Waals surface area contributed by atoms with Crippen LogP contribution in [0.1, 0.15) is 30.5 Å². The molecule has 2 aromatic rings. The molecule has 1 atom stereocenters. The van der Waals surface area contributed by atoms with E-state index in [1.807, 2.05) is 18.0 Å². The maximum Gasteiger partial charge on any atom is 0.239 e. The van der Waals surface area contributed by atoms with Crippen LogP contribution < -0.4 is 10.6 Å². The minimum atomic E-state index is -0.0345. The summed E-state index contributed by atoms with van der Waals surface area (Å²) in [5, 5.41) is 8.16. The number of para-hydroxylation sites is 1. The molecule has 1 aromatic heterocycles. The quantitative estimate of drug-likeness (QED) is 0.802. The number of aryl methyl sites for hydroxylation is 1. The number of H-pyrrole nitrogens is 1. The number of carbonyl (C=O) groups excluding carboxylic acids is 1. The molecule has 1 spiro atoms. The molecule has 134 valence electrons. The van der Waals surface area contributed by atoms with Crippen LogP contribution in [0.4, 0.5) is 0 Å². The molecule has 1 amide bonds. The first kappa shape index (κ1) is 16.6. The van der Waals surface area contributed by atoms with Crippen molar-refractivity contribution < 1.29 is 4.79 Å². The third-order valence-corrected chi connectivity index (χ3v) is 6.16. The predicted octanol–water partition coefficient (Wildman–Crippen LogP) is 2.17. The molecule has 0 unspecified atom stereocenters. The van der Waals surface area contributed by atoms with Crippen LogP contribution in [0.5, 0.6) is 0 Å². The maximum absolute atomic E-state index is 12.9.